The monoisotopic (exact) mass is 1180 g/mol. The topological polar surface area (TPSA) is 112 Å². The van der Waals surface area contributed by atoms with Gasteiger partial charge < -0.3 is 0 Å². The van der Waals surface area contributed by atoms with E-state index in [1.165, 1.54) is 19.5 Å². The zero-order valence-electron chi connectivity index (χ0n) is 48.1. The number of benzene rings is 12. The molecule has 0 saturated carbocycles. The van der Waals surface area contributed by atoms with Crippen LogP contribution in [0.15, 0.2) is 285 Å². The van der Waals surface area contributed by atoms with Gasteiger partial charge in [0.05, 0.1) is 34.7 Å². The summed E-state index contributed by atoms with van der Waals surface area (Å²) in [5.41, 5.74) is 19.0. The molecular weight excluding hydrogens is 1140 g/mol. The molecule has 0 aliphatic carbocycles. The summed E-state index contributed by atoms with van der Waals surface area (Å²) in [6.45, 7) is 0. The van der Waals surface area contributed by atoms with E-state index in [1.54, 1.807) is 11.3 Å². The Bertz CT molecular complexity index is 5460. The van der Waals surface area contributed by atoms with Gasteiger partial charge in [-0.15, -0.1) is 22.7 Å². The molecule has 9 heteroatoms. The predicted octanol–water partition coefficient (Wildman–Crippen LogP) is 21.5. The fourth-order valence-electron chi connectivity index (χ4n) is 12.2. The van der Waals surface area contributed by atoms with Crippen molar-refractivity contribution in [2.45, 2.75) is 0 Å². The molecule has 0 aliphatic rings. The number of hydrogen-bond acceptors (Lipinski definition) is 9. The van der Waals surface area contributed by atoms with Crippen molar-refractivity contribution < 1.29 is 0 Å². The Hall–Kier alpha value is -11.9. The second kappa shape index (κ2) is 22.8. The highest BCUT2D eigenvalue weighted by atomic mass is 32.1. The van der Waals surface area contributed by atoms with E-state index in [1.807, 2.05) is 127 Å². The predicted molar refractivity (Wildman–Crippen MR) is 370 cm³/mol. The summed E-state index contributed by atoms with van der Waals surface area (Å²) < 4.78 is 4.61. The van der Waals surface area contributed by atoms with Crippen LogP contribution >= 0.6 is 22.7 Å². The van der Waals surface area contributed by atoms with Gasteiger partial charge in [-0.2, -0.15) is 10.5 Å². The van der Waals surface area contributed by atoms with Crippen LogP contribution < -0.4 is 0 Å². The zero-order chi connectivity index (χ0) is 60.1. The van der Waals surface area contributed by atoms with E-state index in [0.717, 1.165) is 121 Å². The van der Waals surface area contributed by atoms with Crippen molar-refractivity contribution in [3.8, 4) is 136 Å². The van der Waals surface area contributed by atoms with Gasteiger partial charge >= 0.3 is 0 Å². The largest absolute Gasteiger partial charge is 0.228 e. The molecule has 0 unspecified atom stereocenters. The van der Waals surface area contributed by atoms with Crippen molar-refractivity contribution in [2.24, 2.45) is 0 Å². The Morgan fingerprint density at radius 1 is 0.256 bits per heavy atom. The number of nitriles is 2. The van der Waals surface area contributed by atoms with E-state index in [9.17, 15) is 10.5 Å². The fourth-order valence-corrected chi connectivity index (χ4v) is 14.7. The van der Waals surface area contributed by atoms with E-state index in [2.05, 4.69) is 182 Å². The second-order valence-electron chi connectivity index (χ2n) is 22.1. The maximum Gasteiger partial charge on any atom is 0.165 e. The first kappa shape index (κ1) is 53.6. The summed E-state index contributed by atoms with van der Waals surface area (Å²) in [7, 11) is 0. The fraction of sp³-hybridized carbons (Fsp3) is 0. The van der Waals surface area contributed by atoms with E-state index < -0.39 is 0 Å². The van der Waals surface area contributed by atoms with Crippen LogP contribution in [0.3, 0.4) is 0 Å². The third-order valence-electron chi connectivity index (χ3n) is 16.7. The van der Waals surface area contributed by atoms with Crippen LogP contribution in [0, 0.1) is 22.7 Å². The standard InChI is InChI=1S/C81H47N7S2/c82-48-50-27-31-52(32-28-50)53-35-37-55(38-36-53)66-46-67(75-65-24-11-13-26-73(65)90-77(75)74(66)58-41-39-57(40-42-58)71-47-70(56-15-4-1-5-16-56)84-78(85-71)59-17-6-2-7-18-59)61-21-14-22-62(43-61)80-86-79(60-19-8-3-9-20-60)87-81(88-80)69-45-63(54-33-29-51(49-83)30-34-54)44-68-64-23-10-12-25-72(64)89-76(68)69/h1-47H. The molecule has 0 aliphatic heterocycles. The minimum absolute atomic E-state index is 0.552. The Morgan fingerprint density at radius 3 is 1.32 bits per heavy atom. The number of thiophene rings is 2. The highest BCUT2D eigenvalue weighted by molar-refractivity contribution is 7.27. The Labute approximate surface area is 527 Å². The van der Waals surface area contributed by atoms with Crippen LogP contribution in [-0.2, 0) is 0 Å². The summed E-state index contributed by atoms with van der Waals surface area (Å²) in [5, 5.41) is 23.9. The molecule has 0 amide bonds. The third kappa shape index (κ3) is 9.93. The zero-order valence-corrected chi connectivity index (χ0v) is 49.7. The number of nitrogens with zero attached hydrogens (tertiary/aromatic N) is 7. The van der Waals surface area contributed by atoms with Crippen LogP contribution in [0.25, 0.3) is 164 Å². The number of fused-ring (bicyclic) bond motifs is 6. The molecule has 7 nitrogen and oxygen atoms in total. The van der Waals surface area contributed by atoms with Crippen LogP contribution in [0.5, 0.6) is 0 Å². The lowest BCUT2D eigenvalue weighted by molar-refractivity contribution is 1.08. The maximum absolute atomic E-state index is 9.71. The summed E-state index contributed by atoms with van der Waals surface area (Å²) in [6, 6.07) is 103. The minimum atomic E-state index is 0.552. The van der Waals surface area contributed by atoms with Crippen LogP contribution in [0.4, 0.5) is 0 Å². The lowest BCUT2D eigenvalue weighted by Crippen LogP contribution is -2.00. The van der Waals surface area contributed by atoms with Gasteiger partial charge in [-0.05, 0) is 117 Å². The van der Waals surface area contributed by atoms with E-state index >= 15 is 0 Å². The Kier molecular flexibility index (Phi) is 13.6. The van der Waals surface area contributed by atoms with Crippen LogP contribution in [-0.4, -0.2) is 24.9 Å². The molecule has 4 aromatic heterocycles. The molecule has 0 spiro atoms. The number of hydrogen-bond donors (Lipinski definition) is 0. The lowest BCUT2D eigenvalue weighted by atomic mass is 9.87. The van der Waals surface area contributed by atoms with Gasteiger partial charge in [0.15, 0.2) is 23.3 Å². The SMILES string of the molecule is N#Cc1ccc(-c2ccc(-c3cc(-c4cccc(-c5nc(-c6ccccc6)nc(-c6cc(-c7ccc(C#N)cc7)cc7c6sc6ccccc67)n5)c4)c4c(sc5ccccc54)c3-c3ccc(-c4cc(-c5ccccc5)nc(-c5ccccc5)n4)cc3)cc2)cc1. The van der Waals surface area contributed by atoms with Gasteiger partial charge in [0.2, 0.25) is 0 Å². The average molecular weight is 1180 g/mol. The van der Waals surface area contributed by atoms with E-state index in [0.29, 0.717) is 34.4 Å². The normalized spacial score (nSPS) is 11.3. The van der Waals surface area contributed by atoms with Crippen LogP contribution in [0.2, 0.25) is 0 Å². The smallest absolute Gasteiger partial charge is 0.165 e. The number of aromatic nitrogens is 5. The summed E-state index contributed by atoms with van der Waals surface area (Å²) in [5.74, 6) is 2.36. The summed E-state index contributed by atoms with van der Waals surface area (Å²) >= 11 is 3.55. The highest BCUT2D eigenvalue weighted by Gasteiger charge is 2.24. The molecule has 90 heavy (non-hydrogen) atoms. The van der Waals surface area contributed by atoms with Gasteiger partial charge in [-0.3, -0.25) is 0 Å². The van der Waals surface area contributed by atoms with Gasteiger partial charge in [0.25, 0.3) is 0 Å². The molecule has 418 valence electrons. The first-order valence-corrected chi connectivity index (χ1v) is 31.2. The molecule has 16 rings (SSSR count). The van der Waals surface area contributed by atoms with Crippen molar-refractivity contribution in [3.63, 3.8) is 0 Å². The lowest BCUT2D eigenvalue weighted by Gasteiger charge is -2.17. The maximum atomic E-state index is 9.71. The van der Waals surface area contributed by atoms with Gasteiger partial charge in [0.1, 0.15) is 0 Å². The van der Waals surface area contributed by atoms with E-state index in [-0.39, 0.29) is 0 Å². The molecule has 0 atom stereocenters. The first-order chi connectivity index (χ1) is 44.5. The van der Waals surface area contributed by atoms with Gasteiger partial charge in [-0.25, -0.2) is 24.9 Å². The molecule has 12 aromatic carbocycles. The summed E-state index contributed by atoms with van der Waals surface area (Å²) in [6.07, 6.45) is 0. The molecule has 0 fully saturated rings. The molecule has 0 saturated heterocycles. The van der Waals surface area contributed by atoms with Crippen molar-refractivity contribution in [1.82, 2.24) is 24.9 Å². The molecule has 0 bridgehead atoms. The molecule has 16 aromatic rings. The Morgan fingerprint density at radius 2 is 0.700 bits per heavy atom. The minimum Gasteiger partial charge on any atom is -0.228 e. The molecule has 4 heterocycles. The highest BCUT2D eigenvalue weighted by Crippen LogP contribution is 2.51. The van der Waals surface area contributed by atoms with Crippen LogP contribution in [0.1, 0.15) is 11.1 Å². The third-order valence-corrected chi connectivity index (χ3v) is 19.1. The van der Waals surface area contributed by atoms with Gasteiger partial charge in [-0.1, -0.05) is 218 Å². The van der Waals surface area contributed by atoms with Crippen molar-refractivity contribution in [3.05, 3.63) is 296 Å². The number of rotatable bonds is 11. The summed E-state index contributed by atoms with van der Waals surface area (Å²) in [4.78, 5) is 26.4. The van der Waals surface area contributed by atoms with Gasteiger partial charge in [0, 0.05) is 79.3 Å². The van der Waals surface area contributed by atoms with Crippen molar-refractivity contribution >= 4 is 63.0 Å². The molecule has 0 N–H and O–H groups in total. The Balaban J connectivity index is 0.883. The first-order valence-electron chi connectivity index (χ1n) is 29.6. The van der Waals surface area contributed by atoms with E-state index in [4.69, 9.17) is 24.9 Å². The average Bonchev–Trinajstić information content (AvgIpc) is 1.54. The van der Waals surface area contributed by atoms with Crippen molar-refractivity contribution in [1.29, 1.82) is 10.5 Å². The second-order valence-corrected chi connectivity index (χ2v) is 24.2. The van der Waals surface area contributed by atoms with Crippen molar-refractivity contribution in [2.75, 3.05) is 0 Å². The quantitative estimate of drug-likeness (QED) is 0.127. The molecule has 0 radical (unpaired) electrons. The molecular formula is C81H47N7S2.